The first-order chi connectivity index (χ1) is 17.0. The van der Waals surface area contributed by atoms with Crippen LogP contribution in [0.4, 0.5) is 5.95 Å². The van der Waals surface area contributed by atoms with Gasteiger partial charge in [0.15, 0.2) is 0 Å². The number of aromatic nitrogens is 3. The number of esters is 2. The fourth-order valence-electron chi connectivity index (χ4n) is 3.79. The number of benzene rings is 2. The van der Waals surface area contributed by atoms with Crippen molar-refractivity contribution in [3.63, 3.8) is 0 Å². The van der Waals surface area contributed by atoms with E-state index in [0.717, 1.165) is 24.2 Å². The molecule has 1 aliphatic rings. The van der Waals surface area contributed by atoms with Gasteiger partial charge in [-0.25, -0.2) is 14.3 Å². The normalized spacial score (nSPS) is 14.8. The summed E-state index contributed by atoms with van der Waals surface area (Å²) in [4.78, 5) is 29.7. The van der Waals surface area contributed by atoms with E-state index in [1.54, 1.807) is 28.9 Å². The second-order valence-corrected chi connectivity index (χ2v) is 9.05. The maximum absolute atomic E-state index is 13.2. The number of carbonyl (C=O) groups excluding carboxylic acids is 2. The largest absolute Gasteiger partial charge is 0.465 e. The van der Waals surface area contributed by atoms with Crippen molar-refractivity contribution in [2.45, 2.75) is 43.6 Å². The van der Waals surface area contributed by atoms with Crippen LogP contribution in [-0.4, -0.2) is 40.4 Å². The van der Waals surface area contributed by atoms with Crippen LogP contribution in [0.25, 0.3) is 0 Å². The molecule has 1 N–H and O–H groups in total. The number of nitrogens with zero attached hydrogens (tertiary/aromatic N) is 3. The molecule has 0 radical (unpaired) electrons. The molecular weight excluding hydrogens is 464 g/mol. The zero-order valence-electron chi connectivity index (χ0n) is 20.0. The Labute approximate surface area is 208 Å². The molecule has 0 saturated carbocycles. The van der Waals surface area contributed by atoms with E-state index in [4.69, 9.17) is 14.6 Å². The summed E-state index contributed by atoms with van der Waals surface area (Å²) in [5.74, 6) is 0.449. The Balaban J connectivity index is 1.67. The van der Waals surface area contributed by atoms with Crippen LogP contribution in [-0.2, 0) is 20.0 Å². The molecule has 0 spiro atoms. The van der Waals surface area contributed by atoms with Gasteiger partial charge in [-0.2, -0.15) is 4.98 Å². The third kappa shape index (κ3) is 5.57. The van der Waals surface area contributed by atoms with E-state index in [1.165, 1.54) is 24.4 Å². The lowest BCUT2D eigenvalue weighted by Crippen LogP contribution is -2.29. The molecule has 0 saturated heterocycles. The highest BCUT2D eigenvalue weighted by atomic mass is 32.2. The average Bonchev–Trinajstić information content (AvgIpc) is 3.29. The summed E-state index contributed by atoms with van der Waals surface area (Å²) in [6, 6.07) is 16.5. The maximum Gasteiger partial charge on any atom is 0.338 e. The van der Waals surface area contributed by atoms with Crippen LogP contribution in [0.1, 0.15) is 54.2 Å². The summed E-state index contributed by atoms with van der Waals surface area (Å²) in [5.41, 5.74) is 3.50. The van der Waals surface area contributed by atoms with Crippen molar-refractivity contribution < 1.29 is 19.1 Å². The molecule has 9 heteroatoms. The molecule has 4 rings (SSSR count). The van der Waals surface area contributed by atoms with Crippen molar-refractivity contribution in [3.8, 4) is 0 Å². The number of methoxy groups -OCH3 is 1. The molecule has 182 valence electrons. The van der Waals surface area contributed by atoms with Crippen molar-refractivity contribution in [1.82, 2.24) is 14.8 Å². The molecule has 0 bridgehead atoms. The molecule has 0 aliphatic carbocycles. The van der Waals surface area contributed by atoms with Gasteiger partial charge in [0.25, 0.3) is 0 Å². The number of unbranched alkanes of at least 4 members (excludes halogenated alkanes) is 1. The Bertz CT molecular complexity index is 1220. The standard InChI is InChI=1S/C26H28N4O4S/c1-4-5-15-34-24(32)21-17(2)27-25-28-26(35-16-18-9-7-6-8-10-18)29-30(25)22(21)19-11-13-20(14-12-19)23(31)33-3/h6-14,22H,4-5,15-16H2,1-3H3,(H,27,28,29). The number of carbonyl (C=O) groups is 2. The van der Waals surface area contributed by atoms with Gasteiger partial charge in [0.05, 0.1) is 24.9 Å². The van der Waals surface area contributed by atoms with Crippen molar-refractivity contribution in [2.75, 3.05) is 19.0 Å². The lowest BCUT2D eigenvalue weighted by Gasteiger charge is -2.28. The van der Waals surface area contributed by atoms with Gasteiger partial charge < -0.3 is 14.8 Å². The van der Waals surface area contributed by atoms with Crippen LogP contribution in [0.2, 0.25) is 0 Å². The Morgan fingerprint density at radius 3 is 2.51 bits per heavy atom. The third-order valence-electron chi connectivity index (χ3n) is 5.64. The molecule has 3 aromatic rings. The van der Waals surface area contributed by atoms with Crippen LogP contribution in [0.5, 0.6) is 0 Å². The molecule has 2 aromatic carbocycles. The Hall–Kier alpha value is -3.59. The molecule has 8 nitrogen and oxygen atoms in total. The van der Waals surface area contributed by atoms with Gasteiger partial charge in [0.1, 0.15) is 6.04 Å². The highest BCUT2D eigenvalue weighted by molar-refractivity contribution is 7.98. The first-order valence-electron chi connectivity index (χ1n) is 11.5. The van der Waals surface area contributed by atoms with Gasteiger partial charge in [-0.1, -0.05) is 67.6 Å². The zero-order chi connectivity index (χ0) is 24.8. The summed E-state index contributed by atoms with van der Waals surface area (Å²) in [5, 5.41) is 8.55. The number of hydrogen-bond acceptors (Lipinski definition) is 8. The monoisotopic (exact) mass is 492 g/mol. The third-order valence-corrected chi connectivity index (χ3v) is 6.55. The fourth-order valence-corrected chi connectivity index (χ4v) is 4.58. The van der Waals surface area contributed by atoms with Gasteiger partial charge in [-0.05, 0) is 36.6 Å². The molecule has 1 unspecified atom stereocenters. The van der Waals surface area contributed by atoms with E-state index in [9.17, 15) is 9.59 Å². The number of anilines is 1. The van der Waals surface area contributed by atoms with Crippen LogP contribution in [0, 0.1) is 0 Å². The lowest BCUT2D eigenvalue weighted by atomic mass is 9.95. The smallest absolute Gasteiger partial charge is 0.338 e. The topological polar surface area (TPSA) is 95.3 Å². The van der Waals surface area contributed by atoms with Crippen molar-refractivity contribution in [2.24, 2.45) is 0 Å². The van der Waals surface area contributed by atoms with Crippen molar-refractivity contribution >= 4 is 29.6 Å². The van der Waals surface area contributed by atoms with Gasteiger partial charge in [-0.15, -0.1) is 5.10 Å². The molecule has 35 heavy (non-hydrogen) atoms. The van der Waals surface area contributed by atoms with E-state index in [0.29, 0.717) is 34.5 Å². The summed E-state index contributed by atoms with van der Waals surface area (Å²) in [6.45, 7) is 4.23. The van der Waals surface area contributed by atoms with Gasteiger partial charge in [0, 0.05) is 11.4 Å². The molecule has 0 amide bonds. The number of thioether (sulfide) groups is 1. The minimum atomic E-state index is -0.550. The zero-order valence-corrected chi connectivity index (χ0v) is 20.8. The van der Waals surface area contributed by atoms with Crippen molar-refractivity contribution in [1.29, 1.82) is 0 Å². The summed E-state index contributed by atoms with van der Waals surface area (Å²) in [7, 11) is 1.34. The molecule has 1 atom stereocenters. The van der Waals surface area contributed by atoms with E-state index in [-0.39, 0.29) is 0 Å². The predicted octanol–water partition coefficient (Wildman–Crippen LogP) is 4.99. The first-order valence-corrected chi connectivity index (χ1v) is 12.5. The fraction of sp³-hybridized carbons (Fsp3) is 0.308. The quantitative estimate of drug-likeness (QED) is 0.254. The summed E-state index contributed by atoms with van der Waals surface area (Å²) < 4.78 is 12.1. The van der Waals surface area contributed by atoms with Crippen molar-refractivity contribution in [3.05, 3.63) is 82.6 Å². The Kier molecular flexibility index (Phi) is 7.87. The lowest BCUT2D eigenvalue weighted by molar-refractivity contribution is -0.139. The molecule has 1 aliphatic heterocycles. The first kappa shape index (κ1) is 24.5. The summed E-state index contributed by atoms with van der Waals surface area (Å²) >= 11 is 1.52. The van der Waals surface area contributed by atoms with Crippen LogP contribution in [0.3, 0.4) is 0 Å². The number of hydrogen-bond donors (Lipinski definition) is 1. The number of nitrogens with one attached hydrogen (secondary N) is 1. The second-order valence-electron chi connectivity index (χ2n) is 8.11. The highest BCUT2D eigenvalue weighted by Gasteiger charge is 2.35. The predicted molar refractivity (Wildman–Crippen MR) is 134 cm³/mol. The molecule has 0 fully saturated rings. The molecule has 2 heterocycles. The number of allylic oxidation sites excluding steroid dienone is 1. The Morgan fingerprint density at radius 1 is 1.09 bits per heavy atom. The highest BCUT2D eigenvalue weighted by Crippen LogP contribution is 2.37. The van der Waals surface area contributed by atoms with Crippen LogP contribution >= 0.6 is 11.8 Å². The maximum atomic E-state index is 13.2. The van der Waals surface area contributed by atoms with Gasteiger partial charge in [-0.3, -0.25) is 0 Å². The van der Waals surface area contributed by atoms with E-state index < -0.39 is 18.0 Å². The average molecular weight is 493 g/mol. The van der Waals surface area contributed by atoms with E-state index >= 15 is 0 Å². The second kappa shape index (κ2) is 11.2. The van der Waals surface area contributed by atoms with E-state index in [2.05, 4.69) is 22.4 Å². The summed E-state index contributed by atoms with van der Waals surface area (Å²) in [6.07, 6.45) is 1.72. The molecule has 1 aromatic heterocycles. The number of rotatable bonds is 9. The van der Waals surface area contributed by atoms with E-state index in [1.807, 2.05) is 32.0 Å². The number of fused-ring (bicyclic) bond motifs is 1. The van der Waals surface area contributed by atoms with Crippen LogP contribution < -0.4 is 5.32 Å². The minimum absolute atomic E-state index is 0.350. The number of ether oxygens (including phenoxy) is 2. The Morgan fingerprint density at radius 2 is 1.83 bits per heavy atom. The molecular formula is C26H28N4O4S. The SMILES string of the molecule is CCCCOC(=O)C1=C(C)Nc2nc(SCc3ccccc3)nn2C1c1ccc(C(=O)OC)cc1. The van der Waals surface area contributed by atoms with Gasteiger partial charge >= 0.3 is 11.9 Å². The van der Waals surface area contributed by atoms with Crippen LogP contribution in [0.15, 0.2) is 71.0 Å². The minimum Gasteiger partial charge on any atom is -0.465 e. The van der Waals surface area contributed by atoms with Gasteiger partial charge in [0.2, 0.25) is 11.1 Å².